The average molecular weight is 396 g/mol. The van der Waals surface area contributed by atoms with Gasteiger partial charge in [-0.3, -0.25) is 4.79 Å². The number of ether oxygens (including phenoxy) is 1. The predicted octanol–water partition coefficient (Wildman–Crippen LogP) is 4.38. The van der Waals surface area contributed by atoms with Crippen LogP contribution in [0, 0.1) is 5.92 Å². The molecule has 1 aliphatic heterocycles. The summed E-state index contributed by atoms with van der Waals surface area (Å²) in [6.07, 6.45) is 1.74. The van der Waals surface area contributed by atoms with Crippen molar-refractivity contribution >= 4 is 35.0 Å². The summed E-state index contributed by atoms with van der Waals surface area (Å²) in [4.78, 5) is 28.3. The molecule has 1 aromatic rings. The molecule has 0 spiro atoms. The predicted molar refractivity (Wildman–Crippen MR) is 110 cm³/mol. The number of anilines is 2. The molecule has 1 heterocycles. The van der Waals surface area contributed by atoms with E-state index in [4.69, 9.17) is 16.3 Å². The Morgan fingerprint density at radius 1 is 1.26 bits per heavy atom. The second-order valence-corrected chi connectivity index (χ2v) is 8.66. The molecule has 1 saturated heterocycles. The molecular formula is C20H30ClN3O3. The van der Waals surface area contributed by atoms with Gasteiger partial charge in [-0.25, -0.2) is 4.79 Å². The largest absolute Gasteiger partial charge is 0.444 e. The molecule has 27 heavy (non-hydrogen) atoms. The quantitative estimate of drug-likeness (QED) is 0.821. The van der Waals surface area contributed by atoms with E-state index < -0.39 is 5.60 Å². The molecule has 1 fully saturated rings. The Labute approximate surface area is 166 Å². The van der Waals surface area contributed by atoms with Gasteiger partial charge < -0.3 is 19.9 Å². The SMILES string of the molecule is CN(C)c1ccc(Cl)cc1NC(=O)CC1CCN(C(=O)OC(C)(C)C)CC1. The van der Waals surface area contributed by atoms with E-state index in [0.29, 0.717) is 30.2 Å². The van der Waals surface area contributed by atoms with E-state index in [1.54, 1.807) is 17.0 Å². The fourth-order valence-corrected chi connectivity index (χ4v) is 3.28. The molecule has 1 aliphatic rings. The van der Waals surface area contributed by atoms with E-state index in [1.165, 1.54) is 0 Å². The minimum atomic E-state index is -0.491. The number of amides is 2. The smallest absolute Gasteiger partial charge is 0.410 e. The van der Waals surface area contributed by atoms with Crippen LogP contribution in [0.25, 0.3) is 0 Å². The summed E-state index contributed by atoms with van der Waals surface area (Å²) in [6.45, 7) is 6.82. The number of benzene rings is 1. The lowest BCUT2D eigenvalue weighted by Crippen LogP contribution is -2.42. The summed E-state index contributed by atoms with van der Waals surface area (Å²) in [7, 11) is 3.84. The minimum absolute atomic E-state index is 0.0314. The Bertz CT molecular complexity index is 678. The highest BCUT2D eigenvalue weighted by atomic mass is 35.5. The number of piperidine rings is 1. The monoisotopic (exact) mass is 395 g/mol. The zero-order valence-electron chi connectivity index (χ0n) is 16.8. The van der Waals surface area contributed by atoms with Crippen molar-refractivity contribution in [3.05, 3.63) is 23.2 Å². The molecule has 0 saturated carbocycles. The second kappa shape index (κ2) is 8.83. The summed E-state index contributed by atoms with van der Waals surface area (Å²) in [5.74, 6) is 0.224. The van der Waals surface area contributed by atoms with Crippen LogP contribution in [0.5, 0.6) is 0 Å². The molecule has 0 radical (unpaired) electrons. The summed E-state index contributed by atoms with van der Waals surface area (Å²) < 4.78 is 5.41. The van der Waals surface area contributed by atoms with Gasteiger partial charge in [0.25, 0.3) is 0 Å². The maximum absolute atomic E-state index is 12.5. The van der Waals surface area contributed by atoms with E-state index >= 15 is 0 Å². The van der Waals surface area contributed by atoms with Gasteiger partial charge in [0, 0.05) is 38.6 Å². The van der Waals surface area contributed by atoms with Crippen molar-refractivity contribution in [1.82, 2.24) is 4.90 Å². The number of rotatable bonds is 4. The molecule has 150 valence electrons. The highest BCUT2D eigenvalue weighted by Gasteiger charge is 2.28. The zero-order valence-corrected chi connectivity index (χ0v) is 17.6. The van der Waals surface area contributed by atoms with Crippen molar-refractivity contribution in [2.24, 2.45) is 5.92 Å². The molecule has 1 N–H and O–H groups in total. The first-order valence-corrected chi connectivity index (χ1v) is 9.67. The second-order valence-electron chi connectivity index (χ2n) is 8.22. The van der Waals surface area contributed by atoms with Gasteiger partial charge in [-0.05, 0) is 57.7 Å². The molecule has 0 aromatic heterocycles. The van der Waals surface area contributed by atoms with Gasteiger partial charge in [-0.15, -0.1) is 0 Å². The van der Waals surface area contributed by atoms with Crippen LogP contribution in [0.1, 0.15) is 40.0 Å². The van der Waals surface area contributed by atoms with Gasteiger partial charge in [0.05, 0.1) is 11.4 Å². The van der Waals surface area contributed by atoms with Gasteiger partial charge in [0.2, 0.25) is 5.91 Å². The van der Waals surface area contributed by atoms with E-state index in [0.717, 1.165) is 18.5 Å². The topological polar surface area (TPSA) is 61.9 Å². The molecule has 7 heteroatoms. The molecule has 0 atom stereocenters. The summed E-state index contributed by atoms with van der Waals surface area (Å²) in [5.41, 5.74) is 1.13. The van der Waals surface area contributed by atoms with Crippen LogP contribution in [0.4, 0.5) is 16.2 Å². The number of carbonyl (C=O) groups excluding carboxylic acids is 2. The number of hydrogen-bond donors (Lipinski definition) is 1. The average Bonchev–Trinajstić information content (AvgIpc) is 2.53. The van der Waals surface area contributed by atoms with Crippen molar-refractivity contribution in [3.63, 3.8) is 0 Å². The Morgan fingerprint density at radius 3 is 2.44 bits per heavy atom. The molecule has 0 unspecified atom stereocenters. The number of nitrogens with one attached hydrogen (secondary N) is 1. The lowest BCUT2D eigenvalue weighted by molar-refractivity contribution is -0.117. The zero-order chi connectivity index (χ0) is 20.2. The lowest BCUT2D eigenvalue weighted by Gasteiger charge is -2.33. The van der Waals surface area contributed by atoms with E-state index in [9.17, 15) is 9.59 Å². The molecular weight excluding hydrogens is 366 g/mol. The van der Waals surface area contributed by atoms with Crippen molar-refractivity contribution < 1.29 is 14.3 Å². The van der Waals surface area contributed by atoms with Crippen LogP contribution in [-0.4, -0.2) is 49.7 Å². The van der Waals surface area contributed by atoms with E-state index in [2.05, 4.69) is 5.32 Å². The van der Waals surface area contributed by atoms with Crippen LogP contribution in [0.2, 0.25) is 5.02 Å². The molecule has 0 aliphatic carbocycles. The Kier molecular flexibility index (Phi) is 6.98. The van der Waals surface area contributed by atoms with Gasteiger partial charge in [0.1, 0.15) is 5.60 Å². The highest BCUT2D eigenvalue weighted by Crippen LogP contribution is 2.29. The van der Waals surface area contributed by atoms with Crippen molar-refractivity contribution in [1.29, 1.82) is 0 Å². The number of likely N-dealkylation sites (tertiary alicyclic amines) is 1. The maximum atomic E-state index is 12.5. The Hall–Kier alpha value is -1.95. The third kappa shape index (κ3) is 6.61. The Morgan fingerprint density at radius 2 is 1.89 bits per heavy atom. The molecule has 2 amide bonds. The Balaban J connectivity index is 1.86. The summed E-state index contributed by atoms with van der Waals surface area (Å²) in [6, 6.07) is 5.45. The van der Waals surface area contributed by atoms with E-state index in [-0.39, 0.29) is 17.9 Å². The molecule has 6 nitrogen and oxygen atoms in total. The van der Waals surface area contributed by atoms with Crippen molar-refractivity contribution in [3.8, 4) is 0 Å². The van der Waals surface area contributed by atoms with Crippen LogP contribution >= 0.6 is 11.6 Å². The van der Waals surface area contributed by atoms with Gasteiger partial charge in [0.15, 0.2) is 0 Å². The lowest BCUT2D eigenvalue weighted by atomic mass is 9.93. The first-order valence-electron chi connectivity index (χ1n) is 9.30. The van der Waals surface area contributed by atoms with Crippen LogP contribution in [0.3, 0.4) is 0 Å². The molecule has 0 bridgehead atoms. The standard InChI is InChI=1S/C20H30ClN3O3/c1-20(2,3)27-19(26)24-10-8-14(9-11-24)12-18(25)22-16-13-15(21)6-7-17(16)23(4)5/h6-7,13-14H,8-12H2,1-5H3,(H,22,25). The third-order valence-electron chi connectivity index (χ3n) is 4.45. The fraction of sp³-hybridized carbons (Fsp3) is 0.600. The van der Waals surface area contributed by atoms with Crippen molar-refractivity contribution in [2.75, 3.05) is 37.4 Å². The summed E-state index contributed by atoms with van der Waals surface area (Å²) >= 11 is 6.07. The number of halogens is 1. The van der Waals surface area contributed by atoms with Crippen molar-refractivity contribution in [2.45, 2.75) is 45.6 Å². The summed E-state index contributed by atoms with van der Waals surface area (Å²) in [5, 5.41) is 3.56. The molecule has 2 rings (SSSR count). The van der Waals surface area contributed by atoms with Crippen LogP contribution in [0.15, 0.2) is 18.2 Å². The fourth-order valence-electron chi connectivity index (χ4n) is 3.11. The van der Waals surface area contributed by atoms with Gasteiger partial charge in [-0.2, -0.15) is 0 Å². The van der Waals surface area contributed by atoms with Crippen LogP contribution < -0.4 is 10.2 Å². The van der Waals surface area contributed by atoms with Gasteiger partial charge in [-0.1, -0.05) is 11.6 Å². The highest BCUT2D eigenvalue weighted by molar-refractivity contribution is 6.31. The maximum Gasteiger partial charge on any atom is 0.410 e. The number of nitrogens with zero attached hydrogens (tertiary/aromatic N) is 2. The number of hydrogen-bond acceptors (Lipinski definition) is 4. The normalized spacial score (nSPS) is 15.4. The number of carbonyl (C=O) groups is 2. The molecule has 1 aromatic carbocycles. The van der Waals surface area contributed by atoms with Crippen LogP contribution in [-0.2, 0) is 9.53 Å². The third-order valence-corrected chi connectivity index (χ3v) is 4.69. The van der Waals surface area contributed by atoms with Gasteiger partial charge >= 0.3 is 6.09 Å². The van der Waals surface area contributed by atoms with E-state index in [1.807, 2.05) is 45.8 Å². The minimum Gasteiger partial charge on any atom is -0.444 e. The first kappa shape index (κ1) is 21.4. The first-order chi connectivity index (χ1) is 12.5.